The summed E-state index contributed by atoms with van der Waals surface area (Å²) in [6, 6.07) is 143. The van der Waals surface area contributed by atoms with E-state index >= 15 is 0 Å². The highest BCUT2D eigenvalue weighted by molar-refractivity contribution is 6.26. The van der Waals surface area contributed by atoms with Gasteiger partial charge in [0.25, 0.3) is 0 Å². The quantitative estimate of drug-likeness (QED) is 0.119. The van der Waals surface area contributed by atoms with E-state index in [1.807, 2.05) is 0 Å². The van der Waals surface area contributed by atoms with Crippen LogP contribution in [0.1, 0.15) is 0 Å². The van der Waals surface area contributed by atoms with Gasteiger partial charge in [0.15, 0.2) is 0 Å². The van der Waals surface area contributed by atoms with E-state index in [0.29, 0.717) is 0 Å². The van der Waals surface area contributed by atoms with Crippen molar-refractivity contribution in [1.82, 2.24) is 0 Å². The summed E-state index contributed by atoms with van der Waals surface area (Å²) < 4.78 is 0. The zero-order chi connectivity index (χ0) is 70.4. The Morgan fingerprint density at radius 1 is 0.0741 bits per heavy atom. The van der Waals surface area contributed by atoms with Crippen molar-refractivity contribution in [3.63, 3.8) is 0 Å². The minimum atomic E-state index is 1.23. The summed E-state index contributed by atoms with van der Waals surface area (Å²) in [4.78, 5) is 0. The minimum absolute atomic E-state index is 1.23. The van der Waals surface area contributed by atoms with Crippen LogP contribution < -0.4 is 0 Å². The lowest BCUT2D eigenvalue weighted by Crippen LogP contribution is -1.89. The van der Waals surface area contributed by atoms with Crippen LogP contribution in [0.15, 0.2) is 376 Å². The molecule has 0 heteroatoms. The normalized spacial score (nSPS) is 12.3. The number of benzene rings is 24. The molecule has 494 valence electrons. The predicted molar refractivity (Wildman–Crippen MR) is 469 cm³/mol. The molecule has 0 radical (unpaired) electrons. The van der Waals surface area contributed by atoms with Gasteiger partial charge in [-0.15, -0.1) is 0 Å². The third-order valence-electron chi connectivity index (χ3n) is 24.4. The van der Waals surface area contributed by atoms with Crippen molar-refractivity contribution in [2.45, 2.75) is 0 Å². The summed E-state index contributed by atoms with van der Waals surface area (Å²) >= 11 is 0. The van der Waals surface area contributed by atoms with E-state index in [1.165, 1.54) is 250 Å². The van der Waals surface area contributed by atoms with Gasteiger partial charge < -0.3 is 0 Å². The Kier molecular flexibility index (Phi) is 12.5. The summed E-state index contributed by atoms with van der Waals surface area (Å²) in [5, 5.41) is 45.3. The maximum atomic E-state index is 2.44. The van der Waals surface area contributed by atoms with Crippen molar-refractivity contribution in [3.05, 3.63) is 376 Å². The molecule has 24 aromatic carbocycles. The third-order valence-corrected chi connectivity index (χ3v) is 24.4. The fourth-order valence-electron chi connectivity index (χ4n) is 19.4. The van der Waals surface area contributed by atoms with Gasteiger partial charge in [0.1, 0.15) is 0 Å². The molecule has 0 bridgehead atoms. The lowest BCUT2D eigenvalue weighted by atomic mass is 9.87. The minimum Gasteiger partial charge on any atom is -0.0616 e. The monoisotopic (exact) mass is 1360 g/mol. The summed E-state index contributed by atoms with van der Waals surface area (Å²) in [7, 11) is 0. The second-order valence-corrected chi connectivity index (χ2v) is 30.0. The molecule has 0 heterocycles. The largest absolute Gasteiger partial charge is 0.0616 e. The summed E-state index contributed by atoms with van der Waals surface area (Å²) in [5.41, 5.74) is 12.5. The van der Waals surface area contributed by atoms with E-state index in [1.54, 1.807) is 0 Å². The molecular weight excluding hydrogens is 1300 g/mol. The van der Waals surface area contributed by atoms with Crippen LogP contribution in [-0.2, 0) is 0 Å². The van der Waals surface area contributed by atoms with Crippen LogP contribution in [-0.4, -0.2) is 0 Å². The molecule has 0 spiro atoms. The van der Waals surface area contributed by atoms with Crippen molar-refractivity contribution in [1.29, 1.82) is 0 Å². The molecule has 0 aliphatic carbocycles. The molecule has 0 N–H and O–H groups in total. The van der Waals surface area contributed by atoms with Crippen LogP contribution >= 0.6 is 0 Å². The average molecular weight is 1360 g/mol. The molecular formula is C108H62. The SMILES string of the molecule is c1cc(-c2cccc3cc4c(ccc5c(-c6cccc7cc8c(ccc9c(-c%10cccc%11c%10ccc%10cc%12c(-c%13cccc%14c%13ccc%13cc%15c(-c%16cccc%17cc%18c(ccc%19ccccc%19%18)cc%16%17)cccc%15cc%13%14)cccc%12cc%10%11)cccc98)cc67)cccc54)cc23)c2cc3ccc4ccccc4c3cc2c1. The fraction of sp³-hybridized carbons (Fsp3) is 0. The molecule has 0 unspecified atom stereocenters. The Balaban J connectivity index is 0.567. The molecule has 108 heavy (non-hydrogen) atoms. The third kappa shape index (κ3) is 8.80. The van der Waals surface area contributed by atoms with Crippen LogP contribution in [0.25, 0.3) is 250 Å². The molecule has 0 aliphatic heterocycles. The highest BCUT2D eigenvalue weighted by atomic mass is 14.2. The van der Waals surface area contributed by atoms with Crippen LogP contribution in [0.2, 0.25) is 0 Å². The molecule has 0 atom stereocenters. The highest BCUT2D eigenvalue weighted by Crippen LogP contribution is 2.48. The summed E-state index contributed by atoms with van der Waals surface area (Å²) in [6.45, 7) is 0. The fourth-order valence-corrected chi connectivity index (χ4v) is 19.4. The smallest absolute Gasteiger partial charge is 0.00987 e. The molecule has 0 amide bonds. The Morgan fingerprint density at radius 3 is 0.463 bits per heavy atom. The van der Waals surface area contributed by atoms with Crippen LogP contribution in [0.4, 0.5) is 0 Å². The first-order valence-corrected chi connectivity index (χ1v) is 37.7. The molecule has 24 aromatic rings. The summed E-state index contributed by atoms with van der Waals surface area (Å²) in [5.74, 6) is 0. The topological polar surface area (TPSA) is 0 Å². The second-order valence-electron chi connectivity index (χ2n) is 30.0. The Hall–Kier alpha value is -14.0. The first kappa shape index (κ1) is 59.4. The highest BCUT2D eigenvalue weighted by Gasteiger charge is 2.20. The molecule has 0 saturated carbocycles. The molecule has 0 fully saturated rings. The van der Waals surface area contributed by atoms with Gasteiger partial charge in [-0.3, -0.25) is 0 Å². The molecule has 24 rings (SSSR count). The zero-order valence-corrected chi connectivity index (χ0v) is 58.8. The van der Waals surface area contributed by atoms with Crippen molar-refractivity contribution >= 4 is 194 Å². The van der Waals surface area contributed by atoms with Crippen molar-refractivity contribution in [2.75, 3.05) is 0 Å². The van der Waals surface area contributed by atoms with E-state index in [9.17, 15) is 0 Å². The summed E-state index contributed by atoms with van der Waals surface area (Å²) in [6.07, 6.45) is 0. The van der Waals surface area contributed by atoms with Crippen LogP contribution in [0.3, 0.4) is 0 Å². The first-order valence-electron chi connectivity index (χ1n) is 37.7. The average Bonchev–Trinajstić information content (AvgIpc) is 0.736. The second kappa shape index (κ2) is 22.7. The molecule has 0 aromatic heterocycles. The van der Waals surface area contributed by atoms with Crippen LogP contribution in [0, 0.1) is 0 Å². The molecule has 0 aliphatic rings. The molecule has 0 nitrogen and oxygen atoms in total. The maximum absolute atomic E-state index is 2.44. The van der Waals surface area contributed by atoms with Gasteiger partial charge in [-0.2, -0.15) is 0 Å². The van der Waals surface area contributed by atoms with E-state index in [4.69, 9.17) is 0 Å². The van der Waals surface area contributed by atoms with Gasteiger partial charge in [0.05, 0.1) is 0 Å². The van der Waals surface area contributed by atoms with Crippen molar-refractivity contribution < 1.29 is 0 Å². The van der Waals surface area contributed by atoms with Gasteiger partial charge in [-0.25, -0.2) is 0 Å². The first-order chi connectivity index (χ1) is 53.5. The zero-order valence-electron chi connectivity index (χ0n) is 58.8. The number of hydrogen-bond acceptors (Lipinski definition) is 0. The van der Waals surface area contributed by atoms with Crippen molar-refractivity contribution in [3.8, 4) is 55.6 Å². The Labute approximate surface area is 621 Å². The molecule has 0 saturated heterocycles. The van der Waals surface area contributed by atoms with Gasteiger partial charge in [-0.1, -0.05) is 303 Å². The predicted octanol–water partition coefficient (Wildman–Crippen LogP) is 30.8. The Bertz CT molecular complexity index is 7690. The maximum Gasteiger partial charge on any atom is -0.00987 e. The number of hydrogen-bond donors (Lipinski definition) is 0. The van der Waals surface area contributed by atoms with Crippen LogP contribution in [0.5, 0.6) is 0 Å². The number of fused-ring (bicyclic) bond motifs is 24. The Morgan fingerprint density at radius 2 is 0.222 bits per heavy atom. The van der Waals surface area contributed by atoms with E-state index in [0.717, 1.165) is 0 Å². The lowest BCUT2D eigenvalue weighted by molar-refractivity contribution is 1.69. The van der Waals surface area contributed by atoms with Gasteiger partial charge in [-0.05, 0) is 322 Å². The number of rotatable bonds is 5. The van der Waals surface area contributed by atoms with Gasteiger partial charge in [0.2, 0.25) is 0 Å². The van der Waals surface area contributed by atoms with Crippen molar-refractivity contribution in [2.24, 2.45) is 0 Å². The standard InChI is InChI=1S/C108H62/c1-3-23-77-63(15-1)39-41-71-57-101-65(51-97(71)77)17-7-27-85(101)87-29-9-21-69-55-107-75(61-103(69)87)45-49-95-81(33-13-37-91(95)107)83-25-5-19-67-53-105-73(59-99(67)83)43-47-93-79(31-11-35-89(93)105)80-32-12-36-90-94(80)48-44-74-60-100-68(54-106(74)90)20-6-26-84(100)82-34-14-38-92-96(82)50-46-76-62-104-70(56-108(76)92)22-10-30-88(104)86-28-8-18-66-52-98-72(58-102(66)86)42-40-64-16-2-4-24-78(64)98/h1-62H. The lowest BCUT2D eigenvalue weighted by Gasteiger charge is -2.16. The van der Waals surface area contributed by atoms with E-state index in [2.05, 4.69) is 376 Å². The van der Waals surface area contributed by atoms with Gasteiger partial charge in [0, 0.05) is 0 Å². The van der Waals surface area contributed by atoms with E-state index < -0.39 is 0 Å². The van der Waals surface area contributed by atoms with E-state index in [-0.39, 0.29) is 0 Å². The van der Waals surface area contributed by atoms with Gasteiger partial charge >= 0.3 is 0 Å².